The van der Waals surface area contributed by atoms with Crippen LogP contribution in [-0.2, 0) is 6.42 Å². The van der Waals surface area contributed by atoms with Crippen molar-refractivity contribution in [1.29, 1.82) is 0 Å². The van der Waals surface area contributed by atoms with Crippen LogP contribution in [0.25, 0.3) is 6.08 Å². The lowest BCUT2D eigenvalue weighted by molar-refractivity contribution is 0.709. The SMILES string of the molecule is CCN(CC)c1ccc(C2C=C(C=Cc3ccc(N(CC)CC)cc3Cc3ccccc3)NN2c2ccccc2)cc1. The average molecular weight is 557 g/mol. The van der Waals surface area contributed by atoms with E-state index in [-0.39, 0.29) is 6.04 Å². The zero-order valence-corrected chi connectivity index (χ0v) is 25.5. The topological polar surface area (TPSA) is 21.8 Å². The molecule has 1 N–H and O–H groups in total. The number of nitrogens with one attached hydrogen (secondary N) is 1. The first-order valence-corrected chi connectivity index (χ1v) is 15.4. The number of para-hydroxylation sites is 1. The first kappa shape index (κ1) is 29.1. The maximum Gasteiger partial charge on any atom is 0.0958 e. The molecule has 0 radical (unpaired) electrons. The van der Waals surface area contributed by atoms with Gasteiger partial charge in [0, 0.05) is 37.6 Å². The van der Waals surface area contributed by atoms with E-state index in [1.54, 1.807) is 0 Å². The standard InChI is InChI=1S/C38H44N4/c1-5-40(6-2)35-24-21-32(22-25-35)38-29-34(39-42(38)36-17-13-10-14-18-36)23-19-31-20-26-37(41(7-3)8-4)28-33(31)27-30-15-11-9-12-16-30/h9-26,28-29,38-39H,5-8,27H2,1-4H3. The number of hydrazine groups is 1. The molecule has 4 aromatic carbocycles. The van der Waals surface area contributed by atoms with Crippen LogP contribution in [0.5, 0.6) is 0 Å². The molecule has 0 saturated carbocycles. The Morgan fingerprint density at radius 1 is 0.667 bits per heavy atom. The summed E-state index contributed by atoms with van der Waals surface area (Å²) in [6.07, 6.45) is 7.72. The minimum atomic E-state index is 0.0895. The smallest absolute Gasteiger partial charge is 0.0958 e. The number of hydrogen-bond donors (Lipinski definition) is 1. The first-order valence-electron chi connectivity index (χ1n) is 15.4. The second-order valence-electron chi connectivity index (χ2n) is 10.7. The highest BCUT2D eigenvalue weighted by atomic mass is 15.5. The molecule has 0 bridgehead atoms. The summed E-state index contributed by atoms with van der Waals surface area (Å²) >= 11 is 0. The van der Waals surface area contributed by atoms with E-state index in [4.69, 9.17) is 0 Å². The maximum atomic E-state index is 3.69. The molecule has 0 fully saturated rings. The van der Waals surface area contributed by atoms with Gasteiger partial charge in [-0.1, -0.05) is 72.8 Å². The van der Waals surface area contributed by atoms with Crippen molar-refractivity contribution >= 4 is 23.1 Å². The van der Waals surface area contributed by atoms with Crippen LogP contribution in [0.15, 0.2) is 121 Å². The molecular formula is C38H44N4. The Morgan fingerprint density at radius 2 is 1.26 bits per heavy atom. The van der Waals surface area contributed by atoms with Gasteiger partial charge >= 0.3 is 0 Å². The molecule has 216 valence electrons. The lowest BCUT2D eigenvalue weighted by Crippen LogP contribution is -2.34. The van der Waals surface area contributed by atoms with Crippen molar-refractivity contribution in [1.82, 2.24) is 5.43 Å². The molecule has 1 aliphatic rings. The monoisotopic (exact) mass is 556 g/mol. The molecule has 4 heteroatoms. The average Bonchev–Trinajstić information content (AvgIpc) is 3.47. The van der Waals surface area contributed by atoms with Crippen molar-refractivity contribution in [2.45, 2.75) is 40.2 Å². The minimum Gasteiger partial charge on any atom is -0.372 e. The molecule has 4 aromatic rings. The number of hydrogen-bond acceptors (Lipinski definition) is 4. The van der Waals surface area contributed by atoms with E-state index >= 15 is 0 Å². The lowest BCUT2D eigenvalue weighted by atomic mass is 9.98. The molecule has 0 amide bonds. The van der Waals surface area contributed by atoms with Crippen molar-refractivity contribution in [3.8, 4) is 0 Å². The zero-order valence-electron chi connectivity index (χ0n) is 25.5. The van der Waals surface area contributed by atoms with E-state index in [1.165, 1.54) is 33.6 Å². The molecule has 0 spiro atoms. The molecule has 1 heterocycles. The van der Waals surface area contributed by atoms with Gasteiger partial charge in [-0.3, -0.25) is 10.4 Å². The van der Waals surface area contributed by atoms with Gasteiger partial charge < -0.3 is 9.80 Å². The van der Waals surface area contributed by atoms with Gasteiger partial charge in [-0.25, -0.2) is 0 Å². The molecule has 1 unspecified atom stereocenters. The van der Waals surface area contributed by atoms with Crippen molar-refractivity contribution in [2.24, 2.45) is 0 Å². The predicted molar refractivity (Wildman–Crippen MR) is 181 cm³/mol. The number of benzene rings is 4. The fourth-order valence-electron chi connectivity index (χ4n) is 5.80. The molecule has 42 heavy (non-hydrogen) atoms. The van der Waals surface area contributed by atoms with Crippen molar-refractivity contribution in [3.05, 3.63) is 143 Å². The third-order valence-corrected chi connectivity index (χ3v) is 8.20. The summed E-state index contributed by atoms with van der Waals surface area (Å²) in [4.78, 5) is 4.80. The van der Waals surface area contributed by atoms with Gasteiger partial charge in [-0.15, -0.1) is 0 Å². The Labute approximate surface area is 252 Å². The van der Waals surface area contributed by atoms with Crippen molar-refractivity contribution < 1.29 is 0 Å². The molecule has 0 aromatic heterocycles. The third-order valence-electron chi connectivity index (χ3n) is 8.20. The molecule has 4 nitrogen and oxygen atoms in total. The van der Waals surface area contributed by atoms with Crippen LogP contribution in [0, 0.1) is 0 Å². The van der Waals surface area contributed by atoms with Gasteiger partial charge in [-0.2, -0.15) is 0 Å². The van der Waals surface area contributed by atoms with Crippen LogP contribution in [0.2, 0.25) is 0 Å². The largest absolute Gasteiger partial charge is 0.372 e. The van der Waals surface area contributed by atoms with Crippen LogP contribution in [0.1, 0.15) is 56.0 Å². The van der Waals surface area contributed by atoms with Crippen LogP contribution >= 0.6 is 0 Å². The minimum absolute atomic E-state index is 0.0895. The van der Waals surface area contributed by atoms with Gasteiger partial charge in [-0.05, 0) is 105 Å². The van der Waals surface area contributed by atoms with Gasteiger partial charge in [0.2, 0.25) is 0 Å². The Kier molecular flexibility index (Phi) is 9.66. The third kappa shape index (κ3) is 6.71. The number of anilines is 3. The quantitative estimate of drug-likeness (QED) is 0.188. The zero-order chi connectivity index (χ0) is 29.3. The van der Waals surface area contributed by atoms with E-state index in [0.717, 1.165) is 44.0 Å². The Morgan fingerprint density at radius 3 is 1.90 bits per heavy atom. The van der Waals surface area contributed by atoms with E-state index in [9.17, 15) is 0 Å². The number of rotatable bonds is 12. The molecule has 0 aliphatic carbocycles. The Balaban J connectivity index is 1.46. The fourth-order valence-corrected chi connectivity index (χ4v) is 5.80. The predicted octanol–water partition coefficient (Wildman–Crippen LogP) is 8.63. The normalized spacial score (nSPS) is 14.6. The summed E-state index contributed by atoms with van der Waals surface area (Å²) in [6.45, 7) is 12.9. The second kappa shape index (κ2) is 14.0. The molecule has 0 saturated heterocycles. The fraction of sp³-hybridized carbons (Fsp3) is 0.263. The van der Waals surface area contributed by atoms with E-state index in [1.807, 2.05) is 0 Å². The second-order valence-corrected chi connectivity index (χ2v) is 10.7. The van der Waals surface area contributed by atoms with Crippen LogP contribution in [0.3, 0.4) is 0 Å². The van der Waals surface area contributed by atoms with Crippen LogP contribution < -0.4 is 20.2 Å². The highest BCUT2D eigenvalue weighted by molar-refractivity contribution is 5.64. The van der Waals surface area contributed by atoms with Gasteiger partial charge in [0.05, 0.1) is 17.4 Å². The summed E-state index contributed by atoms with van der Waals surface area (Å²) in [5, 5.41) is 2.26. The molecule has 1 atom stereocenters. The van der Waals surface area contributed by atoms with Crippen LogP contribution in [0.4, 0.5) is 17.1 Å². The summed E-state index contributed by atoms with van der Waals surface area (Å²) in [5.74, 6) is 0. The highest BCUT2D eigenvalue weighted by Crippen LogP contribution is 2.33. The summed E-state index contributed by atoms with van der Waals surface area (Å²) in [6, 6.07) is 37.4. The molecule has 1 aliphatic heterocycles. The van der Waals surface area contributed by atoms with E-state index in [0.29, 0.717) is 0 Å². The Bertz CT molecular complexity index is 1470. The number of allylic oxidation sites excluding steroid dienone is 1. The highest BCUT2D eigenvalue weighted by Gasteiger charge is 2.25. The van der Waals surface area contributed by atoms with Crippen molar-refractivity contribution in [3.63, 3.8) is 0 Å². The number of nitrogens with zero attached hydrogens (tertiary/aromatic N) is 3. The summed E-state index contributed by atoms with van der Waals surface area (Å²) in [7, 11) is 0. The van der Waals surface area contributed by atoms with E-state index < -0.39 is 0 Å². The summed E-state index contributed by atoms with van der Waals surface area (Å²) < 4.78 is 0. The Hall–Kier alpha value is -4.44. The van der Waals surface area contributed by atoms with Gasteiger partial charge in [0.25, 0.3) is 0 Å². The summed E-state index contributed by atoms with van der Waals surface area (Å²) in [5.41, 5.74) is 13.6. The lowest BCUT2D eigenvalue weighted by Gasteiger charge is -2.28. The van der Waals surface area contributed by atoms with Gasteiger partial charge in [0.15, 0.2) is 0 Å². The molecular weight excluding hydrogens is 512 g/mol. The molecule has 5 rings (SSSR count). The van der Waals surface area contributed by atoms with E-state index in [2.05, 4.69) is 169 Å². The van der Waals surface area contributed by atoms with Crippen molar-refractivity contribution in [2.75, 3.05) is 41.0 Å². The van der Waals surface area contributed by atoms with Crippen LogP contribution in [-0.4, -0.2) is 26.2 Å². The van der Waals surface area contributed by atoms with Gasteiger partial charge in [0.1, 0.15) is 0 Å². The maximum absolute atomic E-state index is 3.69. The first-order chi connectivity index (χ1) is 20.6.